The van der Waals surface area contributed by atoms with Crippen LogP contribution in [0.4, 0.5) is 5.69 Å². The smallest absolute Gasteiger partial charge is 0.245 e. The maximum Gasteiger partial charge on any atom is 0.245 e. The molecular formula is C15H19N3O. The predicted octanol–water partition coefficient (Wildman–Crippen LogP) is 1.99. The molecule has 1 aliphatic heterocycles. The number of nitrogens with one attached hydrogen (secondary N) is 1. The zero-order valence-electron chi connectivity index (χ0n) is 11.6. The van der Waals surface area contributed by atoms with Crippen LogP contribution in [0.25, 0.3) is 0 Å². The summed E-state index contributed by atoms with van der Waals surface area (Å²) in [5, 5.41) is 12.0. The first-order chi connectivity index (χ1) is 8.95. The van der Waals surface area contributed by atoms with Crippen LogP contribution in [0.1, 0.15) is 25.8 Å². The lowest BCUT2D eigenvalue weighted by atomic mass is 9.94. The van der Waals surface area contributed by atoms with Crippen molar-refractivity contribution >= 4 is 11.6 Å². The number of hydrogen-bond donors (Lipinski definition) is 1. The molecule has 4 nitrogen and oxygen atoms in total. The molecule has 1 fully saturated rings. The summed E-state index contributed by atoms with van der Waals surface area (Å²) >= 11 is 0. The second kappa shape index (κ2) is 5.02. The van der Waals surface area contributed by atoms with Gasteiger partial charge in [-0.25, -0.2) is 0 Å². The Morgan fingerprint density at radius 2 is 2.26 bits per heavy atom. The van der Waals surface area contributed by atoms with Gasteiger partial charge in [-0.2, -0.15) is 5.26 Å². The average Bonchev–Trinajstić information content (AvgIpc) is 2.33. The Morgan fingerprint density at radius 1 is 1.53 bits per heavy atom. The van der Waals surface area contributed by atoms with Crippen molar-refractivity contribution < 1.29 is 4.79 Å². The molecule has 1 unspecified atom stereocenters. The normalized spacial score (nSPS) is 22.1. The zero-order valence-corrected chi connectivity index (χ0v) is 11.6. The minimum absolute atomic E-state index is 0.0246. The van der Waals surface area contributed by atoms with Crippen LogP contribution in [-0.4, -0.2) is 24.0 Å². The van der Waals surface area contributed by atoms with Gasteiger partial charge in [0.2, 0.25) is 5.91 Å². The van der Waals surface area contributed by atoms with Crippen molar-refractivity contribution in [3.63, 3.8) is 0 Å². The van der Waals surface area contributed by atoms with Crippen molar-refractivity contribution in [1.29, 1.82) is 5.26 Å². The molecule has 1 aliphatic rings. The van der Waals surface area contributed by atoms with Crippen molar-refractivity contribution in [2.75, 3.05) is 11.4 Å². The van der Waals surface area contributed by atoms with Gasteiger partial charge in [0.25, 0.3) is 0 Å². The van der Waals surface area contributed by atoms with Crippen molar-refractivity contribution in [3.8, 4) is 6.07 Å². The molecule has 4 heteroatoms. The van der Waals surface area contributed by atoms with E-state index in [1.54, 1.807) is 0 Å². The molecule has 1 saturated heterocycles. The number of nitriles is 1. The number of amides is 1. The lowest BCUT2D eigenvalue weighted by molar-refractivity contribution is -0.123. The number of benzene rings is 1. The van der Waals surface area contributed by atoms with Gasteiger partial charge in [-0.05, 0) is 38.5 Å². The topological polar surface area (TPSA) is 56.1 Å². The summed E-state index contributed by atoms with van der Waals surface area (Å²) in [4.78, 5) is 14.4. The summed E-state index contributed by atoms with van der Waals surface area (Å²) in [5.41, 5.74) is 1.73. The summed E-state index contributed by atoms with van der Waals surface area (Å²) in [5.74, 6) is -0.0246. The van der Waals surface area contributed by atoms with E-state index in [-0.39, 0.29) is 17.9 Å². The third-order valence-electron chi connectivity index (χ3n) is 3.46. The fraction of sp³-hybridized carbons (Fsp3) is 0.467. The molecule has 0 saturated carbocycles. The predicted molar refractivity (Wildman–Crippen MR) is 74.8 cm³/mol. The maximum absolute atomic E-state index is 12.6. The molecule has 1 heterocycles. The van der Waals surface area contributed by atoms with Crippen LogP contribution >= 0.6 is 0 Å². The molecule has 0 radical (unpaired) electrons. The first kappa shape index (κ1) is 13.6. The van der Waals surface area contributed by atoms with Gasteiger partial charge in [-0.1, -0.05) is 12.1 Å². The van der Waals surface area contributed by atoms with Crippen LogP contribution in [0.3, 0.4) is 0 Å². The summed E-state index contributed by atoms with van der Waals surface area (Å²) in [7, 11) is 0. The zero-order chi connectivity index (χ0) is 14.0. The van der Waals surface area contributed by atoms with Gasteiger partial charge in [0.15, 0.2) is 0 Å². The highest BCUT2D eigenvalue weighted by molar-refractivity contribution is 5.99. The van der Waals surface area contributed by atoms with Gasteiger partial charge in [-0.15, -0.1) is 0 Å². The first-order valence-electron chi connectivity index (χ1n) is 6.47. The third kappa shape index (κ3) is 2.61. The van der Waals surface area contributed by atoms with E-state index in [9.17, 15) is 4.79 Å². The molecule has 0 aromatic heterocycles. The maximum atomic E-state index is 12.6. The van der Waals surface area contributed by atoms with Crippen LogP contribution in [0, 0.1) is 18.3 Å². The highest BCUT2D eigenvalue weighted by Crippen LogP contribution is 2.28. The van der Waals surface area contributed by atoms with Crippen LogP contribution < -0.4 is 10.2 Å². The van der Waals surface area contributed by atoms with E-state index in [1.165, 1.54) is 0 Å². The van der Waals surface area contributed by atoms with Gasteiger partial charge < -0.3 is 10.2 Å². The Morgan fingerprint density at radius 3 is 2.89 bits per heavy atom. The summed E-state index contributed by atoms with van der Waals surface area (Å²) in [6.45, 7) is 6.75. The van der Waals surface area contributed by atoms with E-state index < -0.39 is 6.04 Å². The SMILES string of the molecule is Cc1cccc(N2C(=O)C(CC#N)NCC2(C)C)c1. The molecule has 0 aliphatic carbocycles. The summed E-state index contributed by atoms with van der Waals surface area (Å²) in [6, 6.07) is 9.58. The fourth-order valence-corrected chi connectivity index (χ4v) is 2.49. The van der Waals surface area contributed by atoms with E-state index in [2.05, 4.69) is 11.4 Å². The van der Waals surface area contributed by atoms with Crippen molar-refractivity contribution in [3.05, 3.63) is 29.8 Å². The Balaban J connectivity index is 2.38. The number of anilines is 1. The van der Waals surface area contributed by atoms with E-state index in [1.807, 2.05) is 49.9 Å². The second-order valence-electron chi connectivity index (χ2n) is 5.62. The van der Waals surface area contributed by atoms with Gasteiger partial charge in [0.05, 0.1) is 18.0 Å². The Kier molecular flexibility index (Phi) is 3.59. The second-order valence-corrected chi connectivity index (χ2v) is 5.62. The average molecular weight is 257 g/mol. The molecule has 1 aromatic rings. The molecule has 1 atom stereocenters. The van der Waals surface area contributed by atoms with E-state index >= 15 is 0 Å². The Hall–Kier alpha value is -1.86. The lowest BCUT2D eigenvalue weighted by Gasteiger charge is -2.45. The largest absolute Gasteiger partial charge is 0.304 e. The molecule has 1 aromatic carbocycles. The van der Waals surface area contributed by atoms with Gasteiger partial charge in [0.1, 0.15) is 6.04 Å². The van der Waals surface area contributed by atoms with Crippen molar-refractivity contribution in [2.45, 2.75) is 38.8 Å². The lowest BCUT2D eigenvalue weighted by Crippen LogP contribution is -2.65. The van der Waals surface area contributed by atoms with Gasteiger partial charge in [-0.3, -0.25) is 4.79 Å². The Bertz CT molecular complexity index is 530. The summed E-state index contributed by atoms with van der Waals surface area (Å²) in [6.07, 6.45) is 0.206. The van der Waals surface area contributed by atoms with E-state index in [0.717, 1.165) is 11.3 Å². The molecule has 0 bridgehead atoms. The first-order valence-corrected chi connectivity index (χ1v) is 6.47. The fourth-order valence-electron chi connectivity index (χ4n) is 2.49. The number of nitrogens with zero attached hydrogens (tertiary/aromatic N) is 2. The molecule has 0 spiro atoms. The summed E-state index contributed by atoms with van der Waals surface area (Å²) < 4.78 is 0. The molecular weight excluding hydrogens is 238 g/mol. The number of carbonyl (C=O) groups is 1. The monoisotopic (exact) mass is 257 g/mol. The van der Waals surface area contributed by atoms with Gasteiger partial charge >= 0.3 is 0 Å². The molecule has 100 valence electrons. The van der Waals surface area contributed by atoms with E-state index in [4.69, 9.17) is 5.26 Å². The molecule has 2 rings (SSSR count). The minimum atomic E-state index is -0.404. The van der Waals surface area contributed by atoms with Crippen LogP contribution in [-0.2, 0) is 4.79 Å². The number of rotatable bonds is 2. The quantitative estimate of drug-likeness (QED) is 0.881. The number of aryl methyl sites for hydroxylation is 1. The number of piperazine rings is 1. The Labute approximate surface area is 114 Å². The van der Waals surface area contributed by atoms with E-state index in [0.29, 0.717) is 6.54 Å². The van der Waals surface area contributed by atoms with Crippen LogP contribution in [0.2, 0.25) is 0 Å². The molecule has 1 N–H and O–H groups in total. The minimum Gasteiger partial charge on any atom is -0.304 e. The molecule has 19 heavy (non-hydrogen) atoms. The van der Waals surface area contributed by atoms with Gasteiger partial charge in [0, 0.05) is 12.2 Å². The van der Waals surface area contributed by atoms with Crippen molar-refractivity contribution in [2.24, 2.45) is 0 Å². The molecule has 1 amide bonds. The van der Waals surface area contributed by atoms with Crippen LogP contribution in [0.5, 0.6) is 0 Å². The highest BCUT2D eigenvalue weighted by atomic mass is 16.2. The standard InChI is InChI=1S/C15H19N3O/c1-11-5-4-6-12(9-11)18-14(19)13(7-8-16)17-10-15(18,2)3/h4-6,9,13,17H,7,10H2,1-3H3. The van der Waals surface area contributed by atoms with Crippen LogP contribution in [0.15, 0.2) is 24.3 Å². The highest BCUT2D eigenvalue weighted by Gasteiger charge is 2.40. The third-order valence-corrected chi connectivity index (χ3v) is 3.46. The number of carbonyl (C=O) groups excluding carboxylic acids is 1. The van der Waals surface area contributed by atoms with Crippen molar-refractivity contribution in [1.82, 2.24) is 5.32 Å². The number of hydrogen-bond acceptors (Lipinski definition) is 3.